The van der Waals surface area contributed by atoms with Crippen LogP contribution in [0.3, 0.4) is 0 Å². The Morgan fingerprint density at radius 3 is 2.41 bits per heavy atom. The van der Waals surface area contributed by atoms with E-state index in [9.17, 15) is 9.59 Å². The second kappa shape index (κ2) is 10.2. The number of ether oxygens (including phenoxy) is 3. The normalized spacial score (nSPS) is 19.5. The number of para-hydroxylation sites is 1. The first kappa shape index (κ1) is 25.5. The maximum atomic E-state index is 13.0. The Kier molecular flexibility index (Phi) is 6.31. The zero-order valence-corrected chi connectivity index (χ0v) is 22.5. The summed E-state index contributed by atoms with van der Waals surface area (Å²) in [7, 11) is 0. The van der Waals surface area contributed by atoms with E-state index in [0.717, 1.165) is 29.5 Å². The van der Waals surface area contributed by atoms with Crippen molar-refractivity contribution in [3.8, 4) is 17.2 Å². The molecule has 41 heavy (non-hydrogen) atoms. The quantitative estimate of drug-likeness (QED) is 0.251. The van der Waals surface area contributed by atoms with Crippen molar-refractivity contribution in [2.24, 2.45) is 5.41 Å². The summed E-state index contributed by atoms with van der Waals surface area (Å²) in [5, 5.41) is 6.45. The van der Waals surface area contributed by atoms with Crippen molar-refractivity contribution in [1.29, 1.82) is 0 Å². The zero-order valence-electron chi connectivity index (χ0n) is 22.5. The van der Waals surface area contributed by atoms with Gasteiger partial charge in [-0.25, -0.2) is 4.98 Å². The number of aromatic nitrogens is 2. The number of hydrogen-bond acceptors (Lipinski definition) is 7. The summed E-state index contributed by atoms with van der Waals surface area (Å²) in [5.41, 5.74) is 0.497. The van der Waals surface area contributed by atoms with Gasteiger partial charge in [0.2, 0.25) is 11.8 Å². The van der Waals surface area contributed by atoms with Crippen LogP contribution in [0.25, 0.3) is 10.9 Å². The van der Waals surface area contributed by atoms with Crippen LogP contribution in [-0.2, 0) is 14.3 Å². The molecule has 0 unspecified atom stereocenters. The predicted octanol–water partition coefficient (Wildman–Crippen LogP) is 5.87. The lowest BCUT2D eigenvalue weighted by molar-refractivity contribution is -0.131. The molecule has 1 aliphatic heterocycles. The number of nitrogens with zero attached hydrogens (tertiary/aromatic N) is 2. The first-order valence-electron chi connectivity index (χ1n) is 14.0. The van der Waals surface area contributed by atoms with Gasteiger partial charge >= 0.3 is 0 Å². The number of carbonyl (C=O) groups is 2. The summed E-state index contributed by atoms with van der Waals surface area (Å²) in [5.74, 6) is 1.56. The van der Waals surface area contributed by atoms with Gasteiger partial charge in [0.1, 0.15) is 35.1 Å². The standard InChI is InChI=1S/C32H30N4O5/c37-29(35-21-4-2-1-3-5-21)32(15-16-32)30(38)36-28-9-7-23(19-34-28)40-27-11-17-33-26-18-22(6-8-25(26)27)39-20-24-10-12-31(41-24)13-14-31/h1-9,11,17-19,24H,10,12-16,20H2,(H,35,37)(H,34,36,38)/t24-/m1/s1. The second-order valence-electron chi connectivity index (χ2n) is 11.1. The molecule has 9 heteroatoms. The Hall–Kier alpha value is -4.50. The molecule has 1 atom stereocenters. The van der Waals surface area contributed by atoms with Gasteiger partial charge in [-0.15, -0.1) is 0 Å². The minimum absolute atomic E-state index is 0.150. The van der Waals surface area contributed by atoms with E-state index in [1.807, 2.05) is 36.4 Å². The maximum absolute atomic E-state index is 13.0. The Balaban J connectivity index is 0.971. The number of pyridine rings is 2. The number of hydrogen-bond donors (Lipinski definition) is 2. The van der Waals surface area contributed by atoms with Crippen LogP contribution in [0.1, 0.15) is 38.5 Å². The highest BCUT2D eigenvalue weighted by atomic mass is 16.6. The van der Waals surface area contributed by atoms with Crippen molar-refractivity contribution >= 4 is 34.2 Å². The van der Waals surface area contributed by atoms with E-state index in [1.165, 1.54) is 19.0 Å². The Bertz CT molecular complexity index is 1600. The zero-order chi connectivity index (χ0) is 27.9. The highest BCUT2D eigenvalue weighted by Crippen LogP contribution is 2.49. The van der Waals surface area contributed by atoms with Gasteiger partial charge in [0.15, 0.2) is 0 Å². The summed E-state index contributed by atoms with van der Waals surface area (Å²) in [4.78, 5) is 34.6. The minimum atomic E-state index is -1.07. The average molecular weight is 551 g/mol. The van der Waals surface area contributed by atoms with Crippen LogP contribution in [0.15, 0.2) is 79.1 Å². The van der Waals surface area contributed by atoms with E-state index >= 15 is 0 Å². The molecule has 1 spiro atoms. The van der Waals surface area contributed by atoms with Gasteiger partial charge in [-0.1, -0.05) is 18.2 Å². The van der Waals surface area contributed by atoms with Gasteiger partial charge in [0, 0.05) is 23.3 Å². The number of amides is 2. The van der Waals surface area contributed by atoms with Crippen LogP contribution in [0.4, 0.5) is 11.5 Å². The van der Waals surface area contributed by atoms with E-state index in [0.29, 0.717) is 42.5 Å². The second-order valence-corrected chi connectivity index (χ2v) is 11.1. The molecule has 7 rings (SSSR count). The van der Waals surface area contributed by atoms with E-state index in [1.54, 1.807) is 36.5 Å². The summed E-state index contributed by atoms with van der Waals surface area (Å²) in [6.45, 7) is 0.539. The van der Waals surface area contributed by atoms with Crippen molar-refractivity contribution in [2.45, 2.75) is 50.2 Å². The molecule has 9 nitrogen and oxygen atoms in total. The van der Waals surface area contributed by atoms with Crippen LogP contribution in [0, 0.1) is 5.41 Å². The Morgan fingerprint density at radius 2 is 1.68 bits per heavy atom. The molecular weight excluding hydrogens is 520 g/mol. The summed E-state index contributed by atoms with van der Waals surface area (Å²) >= 11 is 0. The van der Waals surface area contributed by atoms with Gasteiger partial charge in [0.25, 0.3) is 0 Å². The number of carbonyl (C=O) groups excluding carboxylic acids is 2. The fraction of sp³-hybridized carbons (Fsp3) is 0.312. The third-order valence-corrected chi connectivity index (χ3v) is 8.11. The van der Waals surface area contributed by atoms with Crippen molar-refractivity contribution in [3.63, 3.8) is 0 Å². The lowest BCUT2D eigenvalue weighted by Crippen LogP contribution is -2.35. The van der Waals surface area contributed by atoms with Gasteiger partial charge in [0.05, 0.1) is 23.4 Å². The molecule has 2 amide bonds. The third-order valence-electron chi connectivity index (χ3n) is 8.11. The molecule has 4 aromatic rings. The van der Waals surface area contributed by atoms with Gasteiger partial charge < -0.3 is 24.8 Å². The van der Waals surface area contributed by atoms with Gasteiger partial charge in [-0.3, -0.25) is 14.6 Å². The third kappa shape index (κ3) is 5.32. The maximum Gasteiger partial charge on any atom is 0.241 e. The van der Waals surface area contributed by atoms with Crippen LogP contribution in [0.5, 0.6) is 17.2 Å². The highest BCUT2D eigenvalue weighted by Gasteiger charge is 2.56. The monoisotopic (exact) mass is 550 g/mol. The smallest absolute Gasteiger partial charge is 0.241 e. The van der Waals surface area contributed by atoms with Crippen LogP contribution < -0.4 is 20.1 Å². The van der Waals surface area contributed by atoms with Crippen molar-refractivity contribution in [3.05, 3.63) is 79.1 Å². The highest BCUT2D eigenvalue weighted by molar-refractivity contribution is 6.16. The lowest BCUT2D eigenvalue weighted by atomic mass is 10.1. The topological polar surface area (TPSA) is 112 Å². The average Bonchev–Trinajstić information content (AvgIpc) is 3.91. The summed E-state index contributed by atoms with van der Waals surface area (Å²) in [6, 6.07) is 20.0. The number of nitrogens with one attached hydrogen (secondary N) is 2. The first-order chi connectivity index (χ1) is 20.0. The van der Waals surface area contributed by atoms with Gasteiger partial charge in [-0.2, -0.15) is 0 Å². The minimum Gasteiger partial charge on any atom is -0.491 e. The molecule has 2 saturated carbocycles. The van der Waals surface area contributed by atoms with Crippen molar-refractivity contribution in [2.75, 3.05) is 17.2 Å². The number of fused-ring (bicyclic) bond motifs is 1. The van der Waals surface area contributed by atoms with E-state index in [2.05, 4.69) is 20.6 Å². The summed E-state index contributed by atoms with van der Waals surface area (Å²) < 4.78 is 18.3. The van der Waals surface area contributed by atoms with E-state index < -0.39 is 5.41 Å². The first-order valence-corrected chi connectivity index (χ1v) is 14.0. The number of anilines is 2. The number of benzene rings is 2. The molecule has 3 aliphatic rings. The molecule has 2 aliphatic carbocycles. The van der Waals surface area contributed by atoms with Crippen LogP contribution in [0.2, 0.25) is 0 Å². The Morgan fingerprint density at radius 1 is 0.878 bits per heavy atom. The van der Waals surface area contributed by atoms with Crippen molar-refractivity contribution in [1.82, 2.24) is 9.97 Å². The molecule has 208 valence electrons. The van der Waals surface area contributed by atoms with Crippen LogP contribution in [-0.4, -0.2) is 40.1 Å². The molecule has 2 aromatic heterocycles. The predicted molar refractivity (Wildman–Crippen MR) is 153 cm³/mol. The largest absolute Gasteiger partial charge is 0.491 e. The fourth-order valence-corrected chi connectivity index (χ4v) is 5.32. The van der Waals surface area contributed by atoms with E-state index in [-0.39, 0.29) is 23.5 Å². The van der Waals surface area contributed by atoms with Crippen molar-refractivity contribution < 1.29 is 23.8 Å². The lowest BCUT2D eigenvalue weighted by Gasteiger charge is -2.15. The molecule has 2 aromatic carbocycles. The summed E-state index contributed by atoms with van der Waals surface area (Å²) in [6.07, 6.45) is 8.90. The SMILES string of the molecule is O=C(Nc1ccccc1)C1(C(=O)Nc2ccc(Oc3ccnc4cc(OC[C@H]5CCC6(CC6)O5)ccc34)cn2)CC1. The molecule has 3 heterocycles. The molecule has 1 saturated heterocycles. The molecular formula is C32H30N4O5. The molecule has 0 radical (unpaired) electrons. The number of rotatable bonds is 9. The Labute approximate surface area is 237 Å². The van der Waals surface area contributed by atoms with Gasteiger partial charge in [-0.05, 0) is 81.0 Å². The molecule has 0 bridgehead atoms. The molecule has 2 N–H and O–H groups in total. The van der Waals surface area contributed by atoms with E-state index in [4.69, 9.17) is 14.2 Å². The fourth-order valence-electron chi connectivity index (χ4n) is 5.32. The van der Waals surface area contributed by atoms with Crippen LogP contribution >= 0.6 is 0 Å². The molecule has 3 fully saturated rings.